The van der Waals surface area contributed by atoms with Crippen molar-refractivity contribution in [3.05, 3.63) is 62.1 Å². The predicted octanol–water partition coefficient (Wildman–Crippen LogP) is 3.90. The number of amides is 1. The molecule has 0 bridgehead atoms. The van der Waals surface area contributed by atoms with Crippen LogP contribution in [0, 0.1) is 25.2 Å². The van der Waals surface area contributed by atoms with E-state index in [4.69, 9.17) is 0 Å². The van der Waals surface area contributed by atoms with Crippen LogP contribution < -0.4 is 10.5 Å². The van der Waals surface area contributed by atoms with Gasteiger partial charge in [0.25, 0.3) is 5.56 Å². The van der Waals surface area contributed by atoms with Gasteiger partial charge in [-0.15, -0.1) is 0 Å². The number of carbonyl (C=O) groups excluding carboxylic acids is 1. The third kappa shape index (κ3) is 3.73. The summed E-state index contributed by atoms with van der Waals surface area (Å²) in [5.74, 6) is 0.554. The van der Waals surface area contributed by atoms with Gasteiger partial charge in [0.1, 0.15) is 11.6 Å². The molecule has 0 fully saturated rings. The number of aryl methyl sites for hydroxylation is 2. The molecule has 3 rings (SSSR count). The Morgan fingerprint density at radius 2 is 2.07 bits per heavy atom. The molecule has 1 N–H and O–H groups in total. The number of anilines is 1. The molecule has 1 aliphatic heterocycles. The Balaban J connectivity index is 1.81. The molecule has 0 saturated heterocycles. The van der Waals surface area contributed by atoms with Gasteiger partial charge in [0.05, 0.1) is 0 Å². The lowest BCUT2D eigenvalue weighted by atomic mass is 9.94. The van der Waals surface area contributed by atoms with Crippen LogP contribution in [0.25, 0.3) is 0 Å². The normalized spacial score (nSPS) is 13.4. The van der Waals surface area contributed by atoms with E-state index in [1.54, 1.807) is 6.92 Å². The summed E-state index contributed by atoms with van der Waals surface area (Å²) in [5, 5.41) is 9.22. The van der Waals surface area contributed by atoms with Crippen LogP contribution in [0.3, 0.4) is 0 Å². The fraction of sp³-hybridized carbons (Fsp3) is 0.435. The van der Waals surface area contributed by atoms with Crippen molar-refractivity contribution >= 4 is 11.6 Å². The number of aromatic amines is 1. The maximum absolute atomic E-state index is 13.0. The Bertz CT molecular complexity index is 1010. The van der Waals surface area contributed by atoms with Gasteiger partial charge in [0.2, 0.25) is 5.91 Å². The number of hydrogen-bond acceptors (Lipinski definition) is 3. The second kappa shape index (κ2) is 8.02. The largest absolute Gasteiger partial charge is 0.325 e. The van der Waals surface area contributed by atoms with Crippen molar-refractivity contribution in [3.8, 4) is 6.07 Å². The molecule has 2 heterocycles. The van der Waals surface area contributed by atoms with Crippen LogP contribution in [-0.4, -0.2) is 17.4 Å². The van der Waals surface area contributed by atoms with Crippen LogP contribution in [0.1, 0.15) is 66.1 Å². The molecule has 28 heavy (non-hydrogen) atoms. The van der Waals surface area contributed by atoms with E-state index in [9.17, 15) is 14.9 Å². The average molecular weight is 377 g/mol. The van der Waals surface area contributed by atoms with Gasteiger partial charge in [-0.1, -0.05) is 26.0 Å². The van der Waals surface area contributed by atoms with Gasteiger partial charge < -0.3 is 9.88 Å². The molecule has 1 amide bonds. The number of fused-ring (bicyclic) bond motifs is 1. The van der Waals surface area contributed by atoms with Crippen molar-refractivity contribution in [1.82, 2.24) is 4.98 Å². The Morgan fingerprint density at radius 1 is 1.32 bits per heavy atom. The van der Waals surface area contributed by atoms with E-state index in [0.717, 1.165) is 36.3 Å². The van der Waals surface area contributed by atoms with E-state index < -0.39 is 0 Å². The maximum Gasteiger partial charge on any atom is 0.266 e. The van der Waals surface area contributed by atoms with Crippen LogP contribution >= 0.6 is 0 Å². The van der Waals surface area contributed by atoms with Gasteiger partial charge in [-0.3, -0.25) is 9.59 Å². The minimum absolute atomic E-state index is 0.0850. The third-order valence-electron chi connectivity index (χ3n) is 5.70. The van der Waals surface area contributed by atoms with Crippen LogP contribution in [0.5, 0.6) is 0 Å². The summed E-state index contributed by atoms with van der Waals surface area (Å²) < 4.78 is 0. The molecule has 146 valence electrons. The number of benzene rings is 1. The highest BCUT2D eigenvalue weighted by molar-refractivity contribution is 5.94. The van der Waals surface area contributed by atoms with Gasteiger partial charge in [0.15, 0.2) is 0 Å². The summed E-state index contributed by atoms with van der Waals surface area (Å²) in [6.45, 7) is 8.69. The predicted molar refractivity (Wildman–Crippen MR) is 111 cm³/mol. The fourth-order valence-electron chi connectivity index (χ4n) is 4.02. The zero-order valence-corrected chi connectivity index (χ0v) is 17.1. The smallest absolute Gasteiger partial charge is 0.266 e. The van der Waals surface area contributed by atoms with E-state index in [0.29, 0.717) is 24.3 Å². The highest BCUT2D eigenvalue weighted by Crippen LogP contribution is 2.31. The van der Waals surface area contributed by atoms with Crippen molar-refractivity contribution in [2.24, 2.45) is 0 Å². The molecule has 1 aromatic heterocycles. The minimum Gasteiger partial charge on any atom is -0.325 e. The summed E-state index contributed by atoms with van der Waals surface area (Å²) in [6, 6.07) is 8.39. The first-order chi connectivity index (χ1) is 13.3. The number of aromatic nitrogens is 1. The molecule has 5 nitrogen and oxygen atoms in total. The van der Waals surface area contributed by atoms with Gasteiger partial charge >= 0.3 is 0 Å². The summed E-state index contributed by atoms with van der Waals surface area (Å²) in [4.78, 5) is 29.5. The molecule has 0 saturated carbocycles. The second-order valence-electron chi connectivity index (χ2n) is 7.86. The topological polar surface area (TPSA) is 77.0 Å². The van der Waals surface area contributed by atoms with Gasteiger partial charge in [-0.2, -0.15) is 5.26 Å². The van der Waals surface area contributed by atoms with Gasteiger partial charge in [-0.05, 0) is 67.3 Å². The molecular weight excluding hydrogens is 350 g/mol. The Kier molecular flexibility index (Phi) is 5.69. The first-order valence-electron chi connectivity index (χ1n) is 9.89. The Morgan fingerprint density at radius 3 is 2.75 bits per heavy atom. The molecule has 1 aliphatic rings. The fourth-order valence-corrected chi connectivity index (χ4v) is 4.02. The molecule has 0 aliphatic carbocycles. The van der Waals surface area contributed by atoms with E-state index >= 15 is 0 Å². The molecule has 0 atom stereocenters. The van der Waals surface area contributed by atoms with E-state index in [2.05, 4.69) is 37.0 Å². The van der Waals surface area contributed by atoms with Gasteiger partial charge in [0, 0.05) is 24.3 Å². The number of nitriles is 1. The molecule has 5 heteroatoms. The quantitative estimate of drug-likeness (QED) is 0.878. The lowest BCUT2D eigenvalue weighted by molar-refractivity contribution is -0.118. The van der Waals surface area contributed by atoms with Crippen molar-refractivity contribution in [1.29, 1.82) is 5.26 Å². The molecule has 2 aromatic rings. The molecule has 0 radical (unpaired) electrons. The van der Waals surface area contributed by atoms with Crippen LogP contribution in [0.4, 0.5) is 5.69 Å². The number of H-pyrrole nitrogens is 1. The third-order valence-corrected chi connectivity index (χ3v) is 5.70. The maximum atomic E-state index is 13.0. The number of carbonyl (C=O) groups is 1. The average Bonchev–Trinajstić information content (AvgIpc) is 2.66. The molecule has 0 unspecified atom stereocenters. The van der Waals surface area contributed by atoms with Gasteiger partial charge in [-0.25, -0.2) is 0 Å². The molecule has 1 aromatic carbocycles. The highest BCUT2D eigenvalue weighted by atomic mass is 16.2. The van der Waals surface area contributed by atoms with Crippen molar-refractivity contribution in [3.63, 3.8) is 0 Å². The monoisotopic (exact) mass is 377 g/mol. The lowest BCUT2D eigenvalue weighted by Crippen LogP contribution is -2.35. The van der Waals surface area contributed by atoms with Crippen molar-refractivity contribution in [2.45, 2.75) is 59.3 Å². The Labute approximate surface area is 166 Å². The first kappa shape index (κ1) is 19.9. The van der Waals surface area contributed by atoms with Crippen LogP contribution in [0.2, 0.25) is 0 Å². The van der Waals surface area contributed by atoms with Crippen LogP contribution in [0.15, 0.2) is 23.0 Å². The summed E-state index contributed by atoms with van der Waals surface area (Å²) >= 11 is 0. The van der Waals surface area contributed by atoms with E-state index in [1.807, 2.05) is 17.9 Å². The lowest BCUT2D eigenvalue weighted by Gasteiger charge is -2.30. The summed E-state index contributed by atoms with van der Waals surface area (Å²) in [7, 11) is 0. The number of nitrogens with one attached hydrogen (secondary N) is 1. The SMILES string of the molecule is Cc1[nH]c(=O)c(C#N)c(C)c1CCC(=O)N1CCCc2cc(C(C)C)ccc21. The minimum atomic E-state index is -0.363. The zero-order valence-electron chi connectivity index (χ0n) is 17.1. The zero-order chi connectivity index (χ0) is 20.4. The van der Waals surface area contributed by atoms with Crippen molar-refractivity contribution in [2.75, 3.05) is 11.4 Å². The summed E-state index contributed by atoms with van der Waals surface area (Å²) in [6.07, 6.45) is 2.83. The molecule has 0 spiro atoms. The van der Waals surface area contributed by atoms with E-state index in [-0.39, 0.29) is 17.0 Å². The van der Waals surface area contributed by atoms with Crippen LogP contribution in [-0.2, 0) is 17.6 Å². The first-order valence-corrected chi connectivity index (χ1v) is 9.89. The number of hydrogen-bond donors (Lipinski definition) is 1. The highest BCUT2D eigenvalue weighted by Gasteiger charge is 2.23. The molecular formula is C23H27N3O2. The Hall–Kier alpha value is -2.87. The summed E-state index contributed by atoms with van der Waals surface area (Å²) in [5.41, 5.74) is 5.64. The number of rotatable bonds is 4. The number of pyridine rings is 1. The standard InChI is InChI=1S/C23H27N3O2/c1-14(2)17-7-9-21-18(12-17)6-5-11-26(21)22(27)10-8-19-15(3)20(13-24)23(28)25-16(19)4/h7,9,12,14H,5-6,8,10-11H2,1-4H3,(H,25,28). The second-order valence-corrected chi connectivity index (χ2v) is 7.86. The number of nitrogens with zero attached hydrogens (tertiary/aromatic N) is 2. The van der Waals surface area contributed by atoms with E-state index in [1.165, 1.54) is 11.1 Å². The van der Waals surface area contributed by atoms with Crippen molar-refractivity contribution < 1.29 is 4.79 Å².